The maximum atomic E-state index is 13.1. The van der Waals surface area contributed by atoms with Gasteiger partial charge in [-0.3, -0.25) is 4.79 Å². The van der Waals surface area contributed by atoms with E-state index in [1.165, 1.54) is 37.6 Å². The molecular weight excluding hydrogens is 389 g/mol. The van der Waals surface area contributed by atoms with Crippen molar-refractivity contribution in [2.24, 2.45) is 0 Å². The molecule has 0 atom stereocenters. The summed E-state index contributed by atoms with van der Waals surface area (Å²) in [6.45, 7) is 0. The highest BCUT2D eigenvalue weighted by molar-refractivity contribution is 5.94. The number of hydrogen-bond acceptors (Lipinski definition) is 5. The minimum Gasteiger partial charge on any atom is -0.493 e. The molecule has 3 aromatic rings. The zero-order chi connectivity index (χ0) is 21.0. The summed E-state index contributed by atoms with van der Waals surface area (Å²) in [6.07, 6.45) is -2.06. The van der Waals surface area contributed by atoms with Crippen LogP contribution in [-0.2, 0) is 17.4 Å². The molecule has 2 aromatic carbocycles. The Balaban J connectivity index is 1.87. The first-order chi connectivity index (χ1) is 13.8. The standard InChI is InChI=1S/C19H17F3N4O3/c1-28-16-6-3-12(7-17(16)29-2)8-18(27)25-14-9-13(19(20,21)22)4-5-15(14)26-11-23-10-24-26/h3-7,9-11H,8H2,1-2H3,(H,25,27). The van der Waals surface area contributed by atoms with Crippen LogP contribution in [0.2, 0.25) is 0 Å². The fraction of sp³-hybridized carbons (Fsp3) is 0.211. The van der Waals surface area contributed by atoms with Crippen molar-refractivity contribution in [2.75, 3.05) is 19.5 Å². The van der Waals surface area contributed by atoms with Gasteiger partial charge in [0.25, 0.3) is 0 Å². The lowest BCUT2D eigenvalue weighted by atomic mass is 10.1. The van der Waals surface area contributed by atoms with Crippen LogP contribution in [0, 0.1) is 0 Å². The molecule has 0 bridgehead atoms. The van der Waals surface area contributed by atoms with Crippen molar-refractivity contribution in [2.45, 2.75) is 12.6 Å². The van der Waals surface area contributed by atoms with Gasteiger partial charge in [-0.1, -0.05) is 6.07 Å². The van der Waals surface area contributed by atoms with Crippen LogP contribution >= 0.6 is 0 Å². The number of carbonyl (C=O) groups is 1. The summed E-state index contributed by atoms with van der Waals surface area (Å²) >= 11 is 0. The summed E-state index contributed by atoms with van der Waals surface area (Å²) in [5.74, 6) is 0.445. The number of benzene rings is 2. The second-order valence-corrected chi connectivity index (χ2v) is 5.98. The maximum Gasteiger partial charge on any atom is 0.416 e. The highest BCUT2D eigenvalue weighted by Crippen LogP contribution is 2.33. The highest BCUT2D eigenvalue weighted by atomic mass is 19.4. The van der Waals surface area contributed by atoms with E-state index in [1.807, 2.05) is 0 Å². The summed E-state index contributed by atoms with van der Waals surface area (Å²) in [5.41, 5.74) is -0.0517. The van der Waals surface area contributed by atoms with E-state index in [4.69, 9.17) is 9.47 Å². The number of nitrogens with one attached hydrogen (secondary N) is 1. The molecule has 1 amide bonds. The van der Waals surface area contributed by atoms with Gasteiger partial charge in [-0.15, -0.1) is 0 Å². The fourth-order valence-corrected chi connectivity index (χ4v) is 2.72. The first-order valence-electron chi connectivity index (χ1n) is 8.39. The molecule has 0 radical (unpaired) electrons. The van der Waals surface area contributed by atoms with Gasteiger partial charge in [0.05, 0.1) is 37.6 Å². The van der Waals surface area contributed by atoms with Crippen LogP contribution in [0.5, 0.6) is 11.5 Å². The first kappa shape index (κ1) is 20.2. The Morgan fingerprint density at radius 3 is 2.48 bits per heavy atom. The molecule has 0 saturated carbocycles. The number of aromatic nitrogens is 3. The second-order valence-electron chi connectivity index (χ2n) is 5.98. The van der Waals surface area contributed by atoms with Gasteiger partial charge in [-0.2, -0.15) is 18.3 Å². The molecule has 0 saturated heterocycles. The van der Waals surface area contributed by atoms with Gasteiger partial charge in [0.1, 0.15) is 12.7 Å². The van der Waals surface area contributed by atoms with Crippen molar-refractivity contribution < 1.29 is 27.4 Å². The van der Waals surface area contributed by atoms with Gasteiger partial charge in [0.2, 0.25) is 5.91 Å². The molecule has 0 fully saturated rings. The predicted octanol–water partition coefficient (Wildman–Crippen LogP) is 3.48. The zero-order valence-electron chi connectivity index (χ0n) is 15.5. The average Bonchev–Trinajstić information content (AvgIpc) is 3.21. The molecule has 7 nitrogen and oxygen atoms in total. The number of hydrogen-bond donors (Lipinski definition) is 1. The number of methoxy groups -OCH3 is 2. The Morgan fingerprint density at radius 2 is 1.86 bits per heavy atom. The van der Waals surface area contributed by atoms with Gasteiger partial charge >= 0.3 is 6.18 Å². The van der Waals surface area contributed by atoms with E-state index >= 15 is 0 Å². The van der Waals surface area contributed by atoms with Crippen molar-refractivity contribution in [3.8, 4) is 17.2 Å². The van der Waals surface area contributed by atoms with Crippen molar-refractivity contribution in [3.63, 3.8) is 0 Å². The SMILES string of the molecule is COc1ccc(CC(=O)Nc2cc(C(F)(F)F)ccc2-n2cncn2)cc1OC. The van der Waals surface area contributed by atoms with Gasteiger partial charge < -0.3 is 14.8 Å². The first-order valence-corrected chi connectivity index (χ1v) is 8.39. The number of nitrogens with zero attached hydrogens (tertiary/aromatic N) is 3. The summed E-state index contributed by atoms with van der Waals surface area (Å²) in [7, 11) is 2.96. The van der Waals surface area contributed by atoms with Crippen molar-refractivity contribution in [1.29, 1.82) is 0 Å². The lowest BCUT2D eigenvalue weighted by Gasteiger charge is -2.15. The molecule has 0 aliphatic heterocycles. The average molecular weight is 406 g/mol. The van der Waals surface area contributed by atoms with Crippen LogP contribution in [0.1, 0.15) is 11.1 Å². The maximum absolute atomic E-state index is 13.1. The van der Waals surface area contributed by atoms with Gasteiger partial charge in [-0.05, 0) is 35.9 Å². The van der Waals surface area contributed by atoms with E-state index in [0.29, 0.717) is 17.1 Å². The smallest absolute Gasteiger partial charge is 0.416 e. The lowest BCUT2D eigenvalue weighted by Crippen LogP contribution is -2.17. The quantitative estimate of drug-likeness (QED) is 0.678. The van der Waals surface area contributed by atoms with Crippen LogP contribution in [0.15, 0.2) is 49.1 Å². The Hall–Kier alpha value is -3.56. The molecule has 0 spiro atoms. The summed E-state index contributed by atoms with van der Waals surface area (Å²) < 4.78 is 50.9. The number of amides is 1. The summed E-state index contributed by atoms with van der Waals surface area (Å²) in [5, 5.41) is 6.44. The molecule has 29 heavy (non-hydrogen) atoms. The van der Waals surface area contributed by atoms with Crippen molar-refractivity contribution >= 4 is 11.6 Å². The molecule has 0 aliphatic rings. The second kappa shape index (κ2) is 8.21. The normalized spacial score (nSPS) is 11.2. The minimum atomic E-state index is -4.55. The van der Waals surface area contributed by atoms with Crippen LogP contribution < -0.4 is 14.8 Å². The fourth-order valence-electron chi connectivity index (χ4n) is 2.72. The molecule has 152 valence electrons. The van der Waals surface area contributed by atoms with E-state index in [1.54, 1.807) is 18.2 Å². The summed E-state index contributed by atoms with van der Waals surface area (Å²) in [6, 6.07) is 7.95. The van der Waals surface area contributed by atoms with Gasteiger partial charge in [-0.25, -0.2) is 9.67 Å². The molecule has 1 heterocycles. The minimum absolute atomic E-state index is 0.0317. The van der Waals surface area contributed by atoms with E-state index < -0.39 is 17.6 Å². The lowest BCUT2D eigenvalue weighted by molar-refractivity contribution is -0.137. The monoisotopic (exact) mass is 406 g/mol. The predicted molar refractivity (Wildman–Crippen MR) is 98.2 cm³/mol. The van der Waals surface area contributed by atoms with Crippen LogP contribution in [0.3, 0.4) is 0 Å². The van der Waals surface area contributed by atoms with Gasteiger partial charge in [0.15, 0.2) is 11.5 Å². The number of alkyl halides is 3. The number of anilines is 1. The third kappa shape index (κ3) is 4.65. The third-order valence-corrected chi connectivity index (χ3v) is 4.08. The number of rotatable bonds is 6. The molecule has 10 heteroatoms. The summed E-state index contributed by atoms with van der Waals surface area (Å²) in [4.78, 5) is 16.3. The molecular formula is C19H17F3N4O3. The highest BCUT2D eigenvalue weighted by Gasteiger charge is 2.31. The van der Waals surface area contributed by atoms with Crippen molar-refractivity contribution in [1.82, 2.24) is 14.8 Å². The largest absolute Gasteiger partial charge is 0.493 e. The van der Waals surface area contributed by atoms with E-state index in [2.05, 4.69) is 15.4 Å². The Labute approximate surface area is 164 Å². The Morgan fingerprint density at radius 1 is 1.10 bits per heavy atom. The number of carbonyl (C=O) groups excluding carboxylic acids is 1. The Bertz CT molecular complexity index is 1000. The molecule has 3 rings (SSSR count). The molecule has 1 aromatic heterocycles. The molecule has 0 aliphatic carbocycles. The molecule has 0 unspecified atom stereocenters. The number of halogens is 3. The zero-order valence-corrected chi connectivity index (χ0v) is 15.5. The molecule has 1 N–H and O–H groups in total. The van der Waals surface area contributed by atoms with Crippen LogP contribution in [-0.4, -0.2) is 34.9 Å². The van der Waals surface area contributed by atoms with Crippen LogP contribution in [0.25, 0.3) is 5.69 Å². The third-order valence-electron chi connectivity index (χ3n) is 4.08. The van der Waals surface area contributed by atoms with E-state index in [9.17, 15) is 18.0 Å². The van der Waals surface area contributed by atoms with Crippen molar-refractivity contribution in [3.05, 3.63) is 60.2 Å². The topological polar surface area (TPSA) is 78.3 Å². The van der Waals surface area contributed by atoms with E-state index in [-0.39, 0.29) is 17.8 Å². The Kier molecular flexibility index (Phi) is 5.71. The number of ether oxygens (including phenoxy) is 2. The van der Waals surface area contributed by atoms with Gasteiger partial charge in [0, 0.05) is 0 Å². The van der Waals surface area contributed by atoms with E-state index in [0.717, 1.165) is 12.1 Å². The van der Waals surface area contributed by atoms with Crippen LogP contribution in [0.4, 0.5) is 18.9 Å².